The number of hydrogen-bond acceptors (Lipinski definition) is 4. The molecule has 38 heavy (non-hydrogen) atoms. The highest BCUT2D eigenvalue weighted by Gasteiger charge is 2.19. The number of para-hydroxylation sites is 2. The normalized spacial score (nSPS) is 11.2. The fourth-order valence-corrected chi connectivity index (χ4v) is 5.98. The van der Waals surface area contributed by atoms with Crippen molar-refractivity contribution in [2.24, 2.45) is 0 Å². The molecule has 0 amide bonds. The quantitative estimate of drug-likeness (QED) is 0.233. The van der Waals surface area contributed by atoms with E-state index in [1.54, 1.807) is 11.3 Å². The van der Waals surface area contributed by atoms with Gasteiger partial charge in [-0.05, 0) is 48.5 Å². The second kappa shape index (κ2) is 9.58. The molecule has 0 atom stereocenters. The van der Waals surface area contributed by atoms with Crippen molar-refractivity contribution in [3.05, 3.63) is 140 Å². The first-order chi connectivity index (χ1) is 18.8. The highest BCUT2D eigenvalue weighted by Crippen LogP contribution is 2.43. The molecule has 7 aromatic rings. The Labute approximate surface area is 225 Å². The fraction of sp³-hybridized carbons (Fsp3) is 0. The maximum absolute atomic E-state index is 5.10. The van der Waals surface area contributed by atoms with Crippen LogP contribution < -0.4 is 4.90 Å². The monoisotopic (exact) mass is 505 g/mol. The minimum absolute atomic E-state index is 0.884. The van der Waals surface area contributed by atoms with Gasteiger partial charge in [-0.15, -0.1) is 11.3 Å². The van der Waals surface area contributed by atoms with E-state index in [2.05, 4.69) is 114 Å². The molecule has 0 saturated carbocycles. The van der Waals surface area contributed by atoms with Crippen molar-refractivity contribution in [1.29, 1.82) is 0 Å². The second-order valence-electron chi connectivity index (χ2n) is 9.11. The van der Waals surface area contributed by atoms with Crippen molar-refractivity contribution in [1.82, 2.24) is 9.97 Å². The summed E-state index contributed by atoms with van der Waals surface area (Å²) in [6.45, 7) is 0. The topological polar surface area (TPSA) is 29.0 Å². The van der Waals surface area contributed by atoms with Crippen molar-refractivity contribution in [3.8, 4) is 22.5 Å². The smallest absolute Gasteiger partial charge is 0.138 e. The first kappa shape index (κ1) is 22.4. The number of fused-ring (bicyclic) bond motifs is 2. The number of rotatable bonds is 5. The van der Waals surface area contributed by atoms with Crippen LogP contribution in [-0.2, 0) is 0 Å². The summed E-state index contributed by atoms with van der Waals surface area (Å²) in [5, 5.41) is 3.45. The third-order valence-corrected chi connectivity index (χ3v) is 7.78. The third kappa shape index (κ3) is 4.11. The number of pyridine rings is 2. The van der Waals surface area contributed by atoms with Crippen LogP contribution >= 0.6 is 11.3 Å². The Morgan fingerprint density at radius 1 is 0.553 bits per heavy atom. The van der Waals surface area contributed by atoms with Gasteiger partial charge < -0.3 is 0 Å². The molecule has 0 spiro atoms. The van der Waals surface area contributed by atoms with Crippen LogP contribution in [0.25, 0.3) is 43.5 Å². The van der Waals surface area contributed by atoms with Gasteiger partial charge in [-0.3, -0.25) is 4.90 Å². The molecule has 3 aromatic heterocycles. The van der Waals surface area contributed by atoms with Crippen molar-refractivity contribution < 1.29 is 0 Å². The van der Waals surface area contributed by atoms with Crippen LogP contribution in [0.1, 0.15) is 0 Å². The van der Waals surface area contributed by atoms with Gasteiger partial charge in [0.25, 0.3) is 0 Å². The van der Waals surface area contributed by atoms with Crippen molar-refractivity contribution in [2.45, 2.75) is 0 Å². The van der Waals surface area contributed by atoms with Gasteiger partial charge in [0, 0.05) is 32.3 Å². The summed E-state index contributed by atoms with van der Waals surface area (Å²) in [4.78, 5) is 12.3. The average molecular weight is 506 g/mol. The molecule has 0 bridgehead atoms. The zero-order valence-electron chi connectivity index (χ0n) is 20.5. The van der Waals surface area contributed by atoms with E-state index >= 15 is 0 Å². The van der Waals surface area contributed by atoms with E-state index in [1.807, 2.05) is 30.3 Å². The minimum atomic E-state index is 0.884. The van der Waals surface area contributed by atoms with E-state index < -0.39 is 0 Å². The summed E-state index contributed by atoms with van der Waals surface area (Å²) in [6, 6.07) is 48.3. The Morgan fingerprint density at radius 3 is 2.18 bits per heavy atom. The van der Waals surface area contributed by atoms with Gasteiger partial charge in [-0.2, -0.15) is 0 Å². The third-order valence-electron chi connectivity index (χ3n) is 6.69. The summed E-state index contributed by atoms with van der Waals surface area (Å²) in [5.41, 5.74) is 6.24. The zero-order valence-corrected chi connectivity index (χ0v) is 21.3. The van der Waals surface area contributed by atoms with Gasteiger partial charge in [-0.1, -0.05) is 91.0 Å². The highest BCUT2D eigenvalue weighted by molar-refractivity contribution is 7.23. The maximum atomic E-state index is 5.10. The van der Waals surface area contributed by atoms with Crippen molar-refractivity contribution in [2.75, 3.05) is 4.90 Å². The fourth-order valence-electron chi connectivity index (χ4n) is 4.86. The van der Waals surface area contributed by atoms with Crippen molar-refractivity contribution in [3.63, 3.8) is 0 Å². The molecule has 7 rings (SSSR count). The van der Waals surface area contributed by atoms with Gasteiger partial charge in [0.05, 0.1) is 16.9 Å². The molecule has 0 unspecified atom stereocenters. The molecule has 0 aliphatic carbocycles. The first-order valence-electron chi connectivity index (χ1n) is 12.6. The van der Waals surface area contributed by atoms with Gasteiger partial charge >= 0.3 is 0 Å². The van der Waals surface area contributed by atoms with E-state index in [9.17, 15) is 0 Å². The molecule has 4 aromatic carbocycles. The number of benzene rings is 4. The number of nitrogens with zero attached hydrogens (tertiary/aromatic N) is 3. The largest absolute Gasteiger partial charge is 0.286 e. The van der Waals surface area contributed by atoms with Crippen LogP contribution in [0.3, 0.4) is 0 Å². The number of anilines is 3. The van der Waals surface area contributed by atoms with Crippen LogP contribution in [0, 0.1) is 0 Å². The number of aromatic nitrogens is 2. The summed E-state index contributed by atoms with van der Waals surface area (Å²) < 4.78 is 1.22. The molecule has 0 radical (unpaired) electrons. The molecule has 0 fully saturated rings. The molecular weight excluding hydrogens is 482 g/mol. The standard InChI is InChI=1S/C34H23N3S/c1-3-11-24(12-4-1)30-18-10-20-33(36-30)37(26-14-5-2-6-15-26)34-23-28-27(16-9-19-32(28)38-34)31-22-21-25-13-7-8-17-29(25)35-31/h1-23H. The van der Waals surface area contributed by atoms with Gasteiger partial charge in [0.2, 0.25) is 0 Å². The molecule has 4 heteroatoms. The molecule has 3 heterocycles. The van der Waals surface area contributed by atoms with E-state index in [0.29, 0.717) is 0 Å². The van der Waals surface area contributed by atoms with Crippen LogP contribution in [0.4, 0.5) is 16.5 Å². The molecule has 0 saturated heterocycles. The van der Waals surface area contributed by atoms with E-state index in [-0.39, 0.29) is 0 Å². The van der Waals surface area contributed by atoms with Gasteiger partial charge in [-0.25, -0.2) is 9.97 Å². The molecule has 0 aliphatic heterocycles. The van der Waals surface area contributed by atoms with E-state index in [4.69, 9.17) is 9.97 Å². The van der Waals surface area contributed by atoms with Crippen LogP contribution in [0.5, 0.6) is 0 Å². The average Bonchev–Trinajstić information content (AvgIpc) is 3.42. The lowest BCUT2D eigenvalue weighted by Gasteiger charge is -2.22. The summed E-state index contributed by atoms with van der Waals surface area (Å²) in [7, 11) is 0. The van der Waals surface area contributed by atoms with E-state index in [1.165, 1.54) is 10.1 Å². The van der Waals surface area contributed by atoms with Gasteiger partial charge in [0.1, 0.15) is 10.8 Å². The van der Waals surface area contributed by atoms with Crippen LogP contribution in [0.2, 0.25) is 0 Å². The lowest BCUT2D eigenvalue weighted by atomic mass is 10.1. The Morgan fingerprint density at radius 2 is 1.32 bits per heavy atom. The SMILES string of the molecule is c1ccc(-c2cccc(N(c3ccccc3)c3cc4c(-c5ccc6ccccc6n5)cccc4s3)n2)cc1. The maximum Gasteiger partial charge on any atom is 0.138 e. The minimum Gasteiger partial charge on any atom is -0.286 e. The van der Waals surface area contributed by atoms with Crippen LogP contribution in [-0.4, -0.2) is 9.97 Å². The molecule has 0 N–H and O–H groups in total. The lowest BCUT2D eigenvalue weighted by Crippen LogP contribution is -2.10. The summed E-state index contributed by atoms with van der Waals surface area (Å²) >= 11 is 1.77. The highest BCUT2D eigenvalue weighted by atomic mass is 32.1. The molecule has 3 nitrogen and oxygen atoms in total. The molecular formula is C34H23N3S. The van der Waals surface area contributed by atoms with E-state index in [0.717, 1.165) is 49.9 Å². The Bertz CT molecular complexity index is 1880. The molecule has 180 valence electrons. The Kier molecular flexibility index (Phi) is 5.65. The second-order valence-corrected chi connectivity index (χ2v) is 10.2. The summed E-state index contributed by atoms with van der Waals surface area (Å²) in [6.07, 6.45) is 0. The Balaban J connectivity index is 1.38. The van der Waals surface area contributed by atoms with Crippen LogP contribution in [0.15, 0.2) is 140 Å². The summed E-state index contributed by atoms with van der Waals surface area (Å²) in [5.74, 6) is 0.884. The Hall–Kier alpha value is -4.80. The zero-order chi connectivity index (χ0) is 25.3. The number of thiophene rings is 1. The predicted molar refractivity (Wildman–Crippen MR) is 160 cm³/mol. The van der Waals surface area contributed by atoms with Gasteiger partial charge in [0.15, 0.2) is 0 Å². The lowest BCUT2D eigenvalue weighted by molar-refractivity contribution is 1.20. The predicted octanol–water partition coefficient (Wildman–Crippen LogP) is 9.65. The molecule has 0 aliphatic rings. The first-order valence-corrected chi connectivity index (χ1v) is 13.4. The number of hydrogen-bond donors (Lipinski definition) is 0. The van der Waals surface area contributed by atoms with Crippen molar-refractivity contribution >= 4 is 48.8 Å².